The number of anilines is 2. The zero-order valence-electron chi connectivity index (χ0n) is 19.9. The minimum absolute atomic E-state index is 0.0441. The van der Waals surface area contributed by atoms with Gasteiger partial charge in [0.15, 0.2) is 0 Å². The summed E-state index contributed by atoms with van der Waals surface area (Å²) in [7, 11) is 0. The molecule has 192 valence electrons. The minimum Gasteiger partial charge on any atom is -0.507 e. The number of nitrogens with zero attached hydrogens (tertiary/aromatic N) is 6. The molecule has 0 fully saturated rings. The van der Waals surface area contributed by atoms with Crippen LogP contribution in [0.25, 0.3) is 22.5 Å². The number of aromatic nitrogens is 4. The van der Waals surface area contributed by atoms with Crippen molar-refractivity contribution < 1.29 is 10.0 Å². The van der Waals surface area contributed by atoms with E-state index in [-0.39, 0.29) is 27.6 Å². The number of phenolic OH excluding ortho intramolecular Hbond substituents is 1. The van der Waals surface area contributed by atoms with Gasteiger partial charge in [0, 0.05) is 41.4 Å². The number of aliphatic imine (C=N–C) groups is 1. The van der Waals surface area contributed by atoms with Crippen LogP contribution < -0.4 is 5.32 Å². The number of non-ortho nitro benzene ring substituents is 1. The highest BCUT2D eigenvalue weighted by Gasteiger charge is 2.14. The third kappa shape index (κ3) is 6.15. The van der Waals surface area contributed by atoms with Gasteiger partial charge in [-0.25, -0.2) is 15.0 Å². The van der Waals surface area contributed by atoms with Crippen LogP contribution in [0.1, 0.15) is 5.56 Å². The van der Waals surface area contributed by atoms with E-state index in [1.165, 1.54) is 24.4 Å². The predicted molar refractivity (Wildman–Crippen MR) is 150 cm³/mol. The second kappa shape index (κ2) is 11.2. The number of rotatable bonds is 7. The lowest BCUT2D eigenvalue weighted by molar-refractivity contribution is -0.384. The molecule has 5 aromatic rings. The van der Waals surface area contributed by atoms with Crippen LogP contribution >= 0.6 is 23.2 Å². The molecule has 5 rings (SSSR count). The van der Waals surface area contributed by atoms with E-state index < -0.39 is 4.92 Å². The van der Waals surface area contributed by atoms with Crippen LogP contribution in [0.4, 0.5) is 22.9 Å². The van der Waals surface area contributed by atoms with Gasteiger partial charge in [-0.05, 0) is 59.6 Å². The average molecular weight is 558 g/mol. The van der Waals surface area contributed by atoms with Crippen LogP contribution in [0.3, 0.4) is 0 Å². The largest absolute Gasteiger partial charge is 0.507 e. The Morgan fingerprint density at radius 1 is 0.897 bits per heavy atom. The molecule has 0 amide bonds. The molecule has 0 unspecified atom stereocenters. The Hall–Kier alpha value is -4.93. The third-order valence-electron chi connectivity index (χ3n) is 5.51. The molecule has 0 bridgehead atoms. The lowest BCUT2D eigenvalue weighted by Crippen LogP contribution is -2.00. The van der Waals surface area contributed by atoms with Crippen molar-refractivity contribution in [3.8, 4) is 28.3 Å². The number of nitro benzene ring substituents is 1. The van der Waals surface area contributed by atoms with E-state index in [4.69, 9.17) is 23.2 Å². The number of phenols is 1. The van der Waals surface area contributed by atoms with Crippen molar-refractivity contribution in [1.29, 1.82) is 0 Å². The fourth-order valence-corrected chi connectivity index (χ4v) is 3.94. The van der Waals surface area contributed by atoms with Crippen LogP contribution in [0.2, 0.25) is 10.6 Å². The van der Waals surface area contributed by atoms with E-state index in [1.54, 1.807) is 36.5 Å². The molecule has 39 heavy (non-hydrogen) atoms. The maximum absolute atomic E-state index is 11.0. The lowest BCUT2D eigenvalue weighted by atomic mass is 10.1. The highest BCUT2D eigenvalue weighted by Crippen LogP contribution is 2.32. The highest BCUT2D eigenvalue weighted by atomic mass is 35.5. The Labute approximate surface area is 231 Å². The van der Waals surface area contributed by atoms with Gasteiger partial charge in [0.2, 0.25) is 10.6 Å². The Kier molecular flexibility index (Phi) is 7.39. The molecule has 0 aliphatic rings. The molecule has 2 heterocycles. The molecule has 3 aromatic carbocycles. The van der Waals surface area contributed by atoms with E-state index in [1.807, 2.05) is 30.3 Å². The maximum atomic E-state index is 11.0. The van der Waals surface area contributed by atoms with Crippen LogP contribution in [0, 0.1) is 10.1 Å². The molecule has 2 aromatic heterocycles. The van der Waals surface area contributed by atoms with Gasteiger partial charge in [0.1, 0.15) is 11.6 Å². The molecule has 10 nitrogen and oxygen atoms in total. The Balaban J connectivity index is 1.41. The Bertz CT molecular complexity index is 1700. The number of hydrogen-bond acceptors (Lipinski definition) is 9. The first kappa shape index (κ1) is 25.7. The fraction of sp³-hybridized carbons (Fsp3) is 0. The normalized spacial score (nSPS) is 11.0. The topological polar surface area (TPSA) is 139 Å². The van der Waals surface area contributed by atoms with Crippen molar-refractivity contribution in [3.05, 3.63) is 111 Å². The zero-order valence-corrected chi connectivity index (χ0v) is 21.4. The maximum Gasteiger partial charge on any atom is 0.270 e. The van der Waals surface area contributed by atoms with Crippen molar-refractivity contribution in [1.82, 2.24) is 19.9 Å². The molecule has 0 saturated heterocycles. The van der Waals surface area contributed by atoms with E-state index in [2.05, 4.69) is 30.2 Å². The van der Waals surface area contributed by atoms with Gasteiger partial charge < -0.3 is 10.4 Å². The lowest BCUT2D eigenvalue weighted by Gasteiger charge is -2.12. The first-order chi connectivity index (χ1) is 18.9. The standard InChI is InChI=1S/C27H17Cl2N7O3/c28-26-31-15-21(23-13-22(33-27(29)34-23)16-4-2-1-3-5-16)25(35-26)32-19-8-6-18(7-9-19)30-14-17-12-20(36(38)39)10-11-24(17)37/h1-15,37H,(H,31,32,35). The molecule has 0 radical (unpaired) electrons. The highest BCUT2D eigenvalue weighted by molar-refractivity contribution is 6.28. The average Bonchev–Trinajstić information content (AvgIpc) is 2.93. The number of nitro groups is 1. The van der Waals surface area contributed by atoms with E-state index in [0.29, 0.717) is 34.1 Å². The fourth-order valence-electron chi connectivity index (χ4n) is 3.63. The first-order valence-electron chi connectivity index (χ1n) is 11.4. The van der Waals surface area contributed by atoms with Gasteiger partial charge in [0.25, 0.3) is 5.69 Å². The Morgan fingerprint density at radius 3 is 2.38 bits per heavy atom. The summed E-state index contributed by atoms with van der Waals surface area (Å²) in [5, 5.41) is 24.3. The molecule has 0 spiro atoms. The molecular formula is C27H17Cl2N7O3. The predicted octanol–water partition coefficient (Wildman–Crippen LogP) is 7.02. The second-order valence-electron chi connectivity index (χ2n) is 8.11. The van der Waals surface area contributed by atoms with E-state index in [0.717, 1.165) is 5.56 Å². The summed E-state index contributed by atoms with van der Waals surface area (Å²) in [6.07, 6.45) is 2.91. The number of nitrogens with one attached hydrogen (secondary N) is 1. The number of hydrogen-bond donors (Lipinski definition) is 2. The Morgan fingerprint density at radius 2 is 1.64 bits per heavy atom. The van der Waals surface area contributed by atoms with Gasteiger partial charge in [-0.1, -0.05) is 30.3 Å². The summed E-state index contributed by atoms with van der Waals surface area (Å²) in [5.41, 5.74) is 3.90. The van der Waals surface area contributed by atoms with E-state index in [9.17, 15) is 15.2 Å². The smallest absolute Gasteiger partial charge is 0.270 e. The van der Waals surface area contributed by atoms with Crippen LogP contribution in [0.5, 0.6) is 5.75 Å². The van der Waals surface area contributed by atoms with Gasteiger partial charge in [0.05, 0.1) is 27.6 Å². The minimum atomic E-state index is -0.539. The zero-order chi connectivity index (χ0) is 27.4. The van der Waals surface area contributed by atoms with Gasteiger partial charge >= 0.3 is 0 Å². The third-order valence-corrected chi connectivity index (χ3v) is 5.86. The summed E-state index contributed by atoms with van der Waals surface area (Å²) in [5.74, 6) is 0.289. The quantitative estimate of drug-likeness (QED) is 0.0941. The van der Waals surface area contributed by atoms with Crippen molar-refractivity contribution in [2.24, 2.45) is 4.99 Å². The summed E-state index contributed by atoms with van der Waals surface area (Å²) in [4.78, 5) is 31.9. The molecule has 0 atom stereocenters. The number of aromatic hydroxyl groups is 1. The van der Waals surface area contributed by atoms with Crippen LogP contribution in [-0.4, -0.2) is 36.2 Å². The van der Waals surface area contributed by atoms with Crippen LogP contribution in [0.15, 0.2) is 90.1 Å². The molecule has 0 aliphatic heterocycles. The summed E-state index contributed by atoms with van der Waals surface area (Å²) >= 11 is 12.3. The molecule has 0 saturated carbocycles. The van der Waals surface area contributed by atoms with Gasteiger partial charge in [-0.3, -0.25) is 15.1 Å². The van der Waals surface area contributed by atoms with E-state index >= 15 is 0 Å². The summed E-state index contributed by atoms with van der Waals surface area (Å²) < 4.78 is 0. The second-order valence-corrected chi connectivity index (χ2v) is 8.78. The van der Waals surface area contributed by atoms with Crippen molar-refractivity contribution in [2.75, 3.05) is 5.32 Å². The van der Waals surface area contributed by atoms with Gasteiger partial charge in [-0.2, -0.15) is 4.98 Å². The number of benzene rings is 3. The van der Waals surface area contributed by atoms with Crippen molar-refractivity contribution >= 4 is 52.3 Å². The first-order valence-corrected chi connectivity index (χ1v) is 12.1. The summed E-state index contributed by atoms with van der Waals surface area (Å²) in [6.45, 7) is 0. The molecule has 12 heteroatoms. The molecular weight excluding hydrogens is 541 g/mol. The van der Waals surface area contributed by atoms with Crippen molar-refractivity contribution in [3.63, 3.8) is 0 Å². The monoisotopic (exact) mass is 557 g/mol. The SMILES string of the molecule is O=[N+]([O-])c1ccc(O)c(C=Nc2ccc(Nc3nc(Cl)ncc3-c3cc(-c4ccccc4)nc(Cl)n3)cc2)c1. The summed E-state index contributed by atoms with van der Waals surface area (Å²) in [6, 6.07) is 22.1. The molecule has 2 N–H and O–H groups in total. The number of halogens is 2. The van der Waals surface area contributed by atoms with Gasteiger partial charge in [-0.15, -0.1) is 0 Å². The van der Waals surface area contributed by atoms with Crippen molar-refractivity contribution in [2.45, 2.75) is 0 Å². The molecule has 0 aliphatic carbocycles. The van der Waals surface area contributed by atoms with Crippen LogP contribution in [-0.2, 0) is 0 Å².